The molecule has 1 aliphatic heterocycles. The fourth-order valence-corrected chi connectivity index (χ4v) is 2.45. The van der Waals surface area contributed by atoms with Gasteiger partial charge in [-0.1, -0.05) is 6.07 Å². The van der Waals surface area contributed by atoms with Crippen LogP contribution in [0.5, 0.6) is 0 Å². The highest BCUT2D eigenvalue weighted by Gasteiger charge is 2.45. The minimum absolute atomic E-state index is 0.0111. The summed E-state index contributed by atoms with van der Waals surface area (Å²) >= 11 is 0. The largest absolute Gasteiger partial charge is 0.416 e. The first-order valence-corrected chi connectivity index (χ1v) is 6.13. The summed E-state index contributed by atoms with van der Waals surface area (Å²) in [7, 11) is 0. The van der Waals surface area contributed by atoms with E-state index in [0.29, 0.717) is 19.1 Å². The minimum atomic E-state index is -4.74. The Kier molecular flexibility index (Phi) is 4.04. The minimum Gasteiger partial charge on any atom is -0.388 e. The Bertz CT molecular complexity index is 484. The Morgan fingerprint density at radius 3 is 2.60 bits per heavy atom. The van der Waals surface area contributed by atoms with Crippen molar-refractivity contribution in [2.75, 3.05) is 19.8 Å². The molecule has 0 amide bonds. The number of hydrogen-bond donors (Lipinski definition) is 2. The number of benzene rings is 1. The molecule has 0 radical (unpaired) electrons. The van der Waals surface area contributed by atoms with Crippen LogP contribution in [0.3, 0.4) is 0 Å². The quantitative estimate of drug-likeness (QED) is 0.840. The average molecular weight is 293 g/mol. The molecule has 0 bridgehead atoms. The normalized spacial score (nSPS) is 24.9. The lowest BCUT2D eigenvalue weighted by Crippen LogP contribution is -2.38. The van der Waals surface area contributed by atoms with Gasteiger partial charge in [0, 0.05) is 18.6 Å². The lowest BCUT2D eigenvalue weighted by molar-refractivity contribution is -0.140. The maximum Gasteiger partial charge on any atom is 0.416 e. The van der Waals surface area contributed by atoms with Gasteiger partial charge in [-0.3, -0.25) is 0 Å². The van der Waals surface area contributed by atoms with Gasteiger partial charge in [0.15, 0.2) is 0 Å². The Balaban J connectivity index is 2.46. The van der Waals surface area contributed by atoms with E-state index in [9.17, 15) is 22.7 Å². The molecule has 1 aromatic carbocycles. The second-order valence-electron chi connectivity index (χ2n) is 5.00. The van der Waals surface area contributed by atoms with Gasteiger partial charge < -0.3 is 15.6 Å². The second kappa shape index (κ2) is 5.31. The number of halogens is 4. The number of nitrogens with two attached hydrogens (primary N) is 1. The van der Waals surface area contributed by atoms with E-state index >= 15 is 0 Å². The monoisotopic (exact) mass is 293 g/mol. The van der Waals surface area contributed by atoms with Crippen LogP contribution in [0, 0.1) is 11.2 Å². The molecular weight excluding hydrogens is 278 g/mol. The summed E-state index contributed by atoms with van der Waals surface area (Å²) in [5.41, 5.74) is 3.10. The molecule has 1 aliphatic rings. The molecule has 3 nitrogen and oxygen atoms in total. The first-order valence-electron chi connectivity index (χ1n) is 6.13. The third kappa shape index (κ3) is 2.65. The van der Waals surface area contributed by atoms with Gasteiger partial charge in [0.05, 0.1) is 18.3 Å². The van der Waals surface area contributed by atoms with E-state index in [1.807, 2.05) is 0 Å². The fraction of sp³-hybridized carbons (Fsp3) is 0.538. The Morgan fingerprint density at radius 2 is 2.10 bits per heavy atom. The van der Waals surface area contributed by atoms with E-state index in [1.165, 1.54) is 0 Å². The molecule has 7 heteroatoms. The van der Waals surface area contributed by atoms with Crippen molar-refractivity contribution < 1.29 is 27.4 Å². The van der Waals surface area contributed by atoms with Crippen molar-refractivity contribution in [2.24, 2.45) is 11.1 Å². The number of hydrogen-bond acceptors (Lipinski definition) is 3. The van der Waals surface area contributed by atoms with Crippen molar-refractivity contribution >= 4 is 0 Å². The van der Waals surface area contributed by atoms with Crippen LogP contribution < -0.4 is 5.73 Å². The van der Waals surface area contributed by atoms with Crippen molar-refractivity contribution in [3.05, 3.63) is 35.1 Å². The SMILES string of the molecule is NCC1(C(O)c2ccc(F)cc2C(F)(F)F)CCOC1. The lowest BCUT2D eigenvalue weighted by Gasteiger charge is -2.33. The van der Waals surface area contributed by atoms with Crippen LogP contribution in [0.2, 0.25) is 0 Å². The van der Waals surface area contributed by atoms with Crippen LogP contribution in [-0.4, -0.2) is 24.9 Å². The molecule has 3 N–H and O–H groups in total. The predicted octanol–water partition coefficient (Wildman–Crippen LogP) is 2.24. The van der Waals surface area contributed by atoms with Gasteiger partial charge in [0.2, 0.25) is 0 Å². The van der Waals surface area contributed by atoms with E-state index in [2.05, 4.69) is 0 Å². The average Bonchev–Trinajstić information content (AvgIpc) is 2.87. The third-order valence-corrected chi connectivity index (χ3v) is 3.74. The zero-order chi connectivity index (χ0) is 15.0. The van der Waals surface area contributed by atoms with Gasteiger partial charge in [-0.2, -0.15) is 13.2 Å². The van der Waals surface area contributed by atoms with Crippen molar-refractivity contribution in [3.63, 3.8) is 0 Å². The first kappa shape index (κ1) is 15.2. The number of aliphatic hydroxyl groups excluding tert-OH is 1. The van der Waals surface area contributed by atoms with Gasteiger partial charge in [-0.05, 0) is 24.1 Å². The molecule has 20 heavy (non-hydrogen) atoms. The van der Waals surface area contributed by atoms with Crippen molar-refractivity contribution in [1.29, 1.82) is 0 Å². The van der Waals surface area contributed by atoms with Gasteiger partial charge in [-0.15, -0.1) is 0 Å². The summed E-state index contributed by atoms with van der Waals surface area (Å²) in [6.07, 6.45) is -5.83. The number of rotatable bonds is 3. The molecule has 112 valence electrons. The first-order chi connectivity index (χ1) is 9.30. The van der Waals surface area contributed by atoms with Gasteiger partial charge >= 0.3 is 6.18 Å². The van der Waals surface area contributed by atoms with Gasteiger partial charge in [0.25, 0.3) is 0 Å². The summed E-state index contributed by atoms with van der Waals surface area (Å²) in [5.74, 6) is -1.00. The van der Waals surface area contributed by atoms with Crippen LogP contribution in [0.25, 0.3) is 0 Å². The molecule has 2 rings (SSSR count). The zero-order valence-electron chi connectivity index (χ0n) is 10.6. The van der Waals surface area contributed by atoms with Crippen LogP contribution in [0.4, 0.5) is 17.6 Å². The highest BCUT2D eigenvalue weighted by atomic mass is 19.4. The molecule has 0 aliphatic carbocycles. The van der Waals surface area contributed by atoms with Crippen LogP contribution >= 0.6 is 0 Å². The maximum atomic E-state index is 13.1. The Hall–Kier alpha value is -1.18. The fourth-order valence-electron chi connectivity index (χ4n) is 2.45. The second-order valence-corrected chi connectivity index (χ2v) is 5.00. The van der Waals surface area contributed by atoms with Crippen LogP contribution in [0.15, 0.2) is 18.2 Å². The van der Waals surface area contributed by atoms with Gasteiger partial charge in [0.1, 0.15) is 5.82 Å². The van der Waals surface area contributed by atoms with Gasteiger partial charge in [-0.25, -0.2) is 4.39 Å². The molecule has 1 fully saturated rings. The molecule has 0 spiro atoms. The molecule has 2 atom stereocenters. The predicted molar refractivity (Wildman–Crippen MR) is 63.3 cm³/mol. The standard InChI is InChI=1S/C13H15F4NO2/c14-8-1-2-9(10(5-8)13(15,16)17)11(19)12(6-18)3-4-20-7-12/h1-2,5,11,19H,3-4,6-7,18H2. The summed E-state index contributed by atoms with van der Waals surface area (Å²) in [6, 6.07) is 2.24. The zero-order valence-corrected chi connectivity index (χ0v) is 10.6. The van der Waals surface area contributed by atoms with Crippen LogP contribution in [-0.2, 0) is 10.9 Å². The van der Waals surface area contributed by atoms with Crippen molar-refractivity contribution in [1.82, 2.24) is 0 Å². The Morgan fingerprint density at radius 1 is 1.40 bits per heavy atom. The lowest BCUT2D eigenvalue weighted by atomic mass is 9.77. The molecule has 2 unspecified atom stereocenters. The van der Waals surface area contributed by atoms with Crippen molar-refractivity contribution in [2.45, 2.75) is 18.7 Å². The summed E-state index contributed by atoms with van der Waals surface area (Å²) in [6.45, 7) is 0.402. The highest BCUT2D eigenvalue weighted by Crippen LogP contribution is 2.44. The number of alkyl halides is 3. The van der Waals surface area contributed by atoms with E-state index in [0.717, 1.165) is 12.1 Å². The number of aliphatic hydroxyl groups is 1. The van der Waals surface area contributed by atoms with E-state index in [4.69, 9.17) is 10.5 Å². The van der Waals surface area contributed by atoms with E-state index < -0.39 is 29.1 Å². The molecule has 1 saturated heterocycles. The Labute approximate surface area is 113 Å². The summed E-state index contributed by atoms with van der Waals surface area (Å²) < 4.78 is 57.1. The van der Waals surface area contributed by atoms with E-state index in [1.54, 1.807) is 0 Å². The third-order valence-electron chi connectivity index (χ3n) is 3.74. The van der Waals surface area contributed by atoms with Crippen LogP contribution in [0.1, 0.15) is 23.7 Å². The highest BCUT2D eigenvalue weighted by molar-refractivity contribution is 5.33. The van der Waals surface area contributed by atoms with Crippen molar-refractivity contribution in [3.8, 4) is 0 Å². The molecule has 0 saturated carbocycles. The maximum absolute atomic E-state index is 13.1. The molecule has 1 aromatic rings. The molecule has 0 aromatic heterocycles. The smallest absolute Gasteiger partial charge is 0.388 e. The summed E-state index contributed by atoms with van der Waals surface area (Å²) in [4.78, 5) is 0. The molecular formula is C13H15F4NO2. The van der Waals surface area contributed by atoms with E-state index in [-0.39, 0.29) is 18.7 Å². The number of ether oxygens (including phenoxy) is 1. The topological polar surface area (TPSA) is 55.5 Å². The molecule has 1 heterocycles. The summed E-state index contributed by atoms with van der Waals surface area (Å²) in [5, 5.41) is 10.3.